The van der Waals surface area contributed by atoms with Crippen molar-refractivity contribution in [2.24, 2.45) is 0 Å². The van der Waals surface area contributed by atoms with Crippen LogP contribution in [0.5, 0.6) is 0 Å². The number of carbonyl (C=O) groups is 1. The topological polar surface area (TPSA) is 50.3 Å². The Morgan fingerprint density at radius 2 is 2.19 bits per heavy atom. The van der Waals surface area contributed by atoms with E-state index in [9.17, 15) is 4.79 Å². The Morgan fingerprint density at radius 1 is 1.43 bits per heavy atom. The number of ether oxygens (including phenoxy) is 1. The summed E-state index contributed by atoms with van der Waals surface area (Å²) in [5, 5.41) is 0. The van der Waals surface area contributed by atoms with Gasteiger partial charge >= 0.3 is 0 Å². The minimum atomic E-state index is -0.0540. The van der Waals surface area contributed by atoms with Crippen molar-refractivity contribution in [1.82, 2.24) is 14.5 Å². The molecule has 1 N–H and O–H groups in total. The highest BCUT2D eigenvalue weighted by Gasteiger charge is 2.27. The van der Waals surface area contributed by atoms with Gasteiger partial charge in [0.1, 0.15) is 5.69 Å². The number of rotatable bonds is 3. The molecule has 2 aromatic rings. The van der Waals surface area contributed by atoms with Crippen molar-refractivity contribution in [3.63, 3.8) is 0 Å². The fraction of sp³-hybridized carbons (Fsp3) is 0.333. The molecule has 1 aliphatic heterocycles. The van der Waals surface area contributed by atoms with Crippen LogP contribution in [0.15, 0.2) is 36.5 Å². The maximum Gasteiger partial charge on any atom is 0.272 e. The molecule has 21 heavy (non-hydrogen) atoms. The largest absolute Gasteiger partial charge is 0.379 e. The second kappa shape index (κ2) is 5.83. The maximum absolute atomic E-state index is 12.7. The first-order chi connectivity index (χ1) is 10.2. The summed E-state index contributed by atoms with van der Waals surface area (Å²) in [6.45, 7) is 1.30. The average molecular weight is 303 g/mol. The lowest BCUT2D eigenvalue weighted by molar-refractivity contribution is 0.0703. The molecule has 0 bridgehead atoms. The Bertz CT molecular complexity index is 686. The summed E-state index contributed by atoms with van der Waals surface area (Å²) in [6, 6.07) is 9.77. The molecular formula is C15H17N3O2S. The summed E-state index contributed by atoms with van der Waals surface area (Å²) in [6.07, 6.45) is 2.54. The number of amides is 1. The lowest BCUT2D eigenvalue weighted by atomic mass is 10.2. The van der Waals surface area contributed by atoms with Crippen LogP contribution in [-0.4, -0.2) is 46.7 Å². The van der Waals surface area contributed by atoms with Crippen LogP contribution in [0.1, 0.15) is 16.9 Å². The Labute approximate surface area is 128 Å². The van der Waals surface area contributed by atoms with Crippen molar-refractivity contribution in [1.29, 1.82) is 0 Å². The smallest absolute Gasteiger partial charge is 0.272 e. The van der Waals surface area contributed by atoms with Gasteiger partial charge in [0.2, 0.25) is 0 Å². The number of H-pyrrole nitrogens is 1. The highest BCUT2D eigenvalue weighted by atomic mass is 32.1. The van der Waals surface area contributed by atoms with Gasteiger partial charge in [0.15, 0.2) is 4.77 Å². The first-order valence-corrected chi connectivity index (χ1v) is 7.30. The van der Waals surface area contributed by atoms with E-state index in [0.717, 1.165) is 12.1 Å². The van der Waals surface area contributed by atoms with E-state index in [2.05, 4.69) is 4.98 Å². The molecular weight excluding hydrogens is 286 g/mol. The predicted octanol–water partition coefficient (Wildman–Crippen LogP) is 2.40. The summed E-state index contributed by atoms with van der Waals surface area (Å²) in [5.74, 6) is -0.0540. The normalized spacial score (nSPS) is 17.9. The minimum absolute atomic E-state index is 0.0540. The number of carbonyl (C=O) groups excluding carboxylic acids is 1. The molecule has 1 fully saturated rings. The van der Waals surface area contributed by atoms with Crippen LogP contribution in [0.3, 0.4) is 0 Å². The zero-order valence-electron chi connectivity index (χ0n) is 11.8. The lowest BCUT2D eigenvalue weighted by Crippen LogP contribution is -2.38. The number of aromatic amines is 1. The highest BCUT2D eigenvalue weighted by molar-refractivity contribution is 7.71. The Balaban J connectivity index is 1.96. The Kier molecular flexibility index (Phi) is 3.90. The molecule has 3 rings (SSSR count). The van der Waals surface area contributed by atoms with Gasteiger partial charge in [0, 0.05) is 25.5 Å². The number of hydrogen-bond acceptors (Lipinski definition) is 3. The van der Waals surface area contributed by atoms with E-state index < -0.39 is 0 Å². The summed E-state index contributed by atoms with van der Waals surface area (Å²) >= 11 is 5.31. The van der Waals surface area contributed by atoms with E-state index in [1.807, 2.05) is 37.4 Å². The number of likely N-dealkylation sites (N-methyl/N-ethyl adjacent to an activating group) is 1. The van der Waals surface area contributed by atoms with Gasteiger partial charge in [-0.25, -0.2) is 0 Å². The maximum atomic E-state index is 12.7. The second-order valence-corrected chi connectivity index (χ2v) is 5.47. The van der Waals surface area contributed by atoms with E-state index in [1.54, 1.807) is 15.7 Å². The van der Waals surface area contributed by atoms with Gasteiger partial charge in [0.25, 0.3) is 5.91 Å². The third-order valence-corrected chi connectivity index (χ3v) is 4.08. The van der Waals surface area contributed by atoms with Crippen molar-refractivity contribution in [2.45, 2.75) is 12.5 Å². The summed E-state index contributed by atoms with van der Waals surface area (Å²) in [4.78, 5) is 17.4. The van der Waals surface area contributed by atoms with Crippen LogP contribution in [0, 0.1) is 4.77 Å². The van der Waals surface area contributed by atoms with Crippen LogP contribution < -0.4 is 0 Å². The number of benzene rings is 1. The molecule has 1 saturated heterocycles. The molecule has 1 aliphatic rings. The predicted molar refractivity (Wildman–Crippen MR) is 82.3 cm³/mol. The SMILES string of the molecule is CN(C(=O)c1c[nH]c(=S)n1-c1ccccc1)[C@H]1CCOC1. The fourth-order valence-electron chi connectivity index (χ4n) is 2.53. The monoisotopic (exact) mass is 303 g/mol. The van der Waals surface area contributed by atoms with Crippen molar-refractivity contribution in [2.75, 3.05) is 20.3 Å². The second-order valence-electron chi connectivity index (χ2n) is 5.08. The summed E-state index contributed by atoms with van der Waals surface area (Å²) < 4.78 is 7.64. The molecule has 110 valence electrons. The van der Waals surface area contributed by atoms with Crippen LogP contribution in [-0.2, 0) is 4.74 Å². The van der Waals surface area contributed by atoms with Crippen LogP contribution in [0.2, 0.25) is 0 Å². The van der Waals surface area contributed by atoms with Gasteiger partial charge in [-0.2, -0.15) is 0 Å². The summed E-state index contributed by atoms with van der Waals surface area (Å²) in [7, 11) is 1.81. The molecule has 0 unspecified atom stereocenters. The zero-order valence-corrected chi connectivity index (χ0v) is 12.6. The molecule has 0 aliphatic carbocycles. The molecule has 1 atom stereocenters. The number of hydrogen-bond donors (Lipinski definition) is 1. The van der Waals surface area contributed by atoms with Crippen molar-refractivity contribution < 1.29 is 9.53 Å². The first kappa shape index (κ1) is 14.0. The standard InChI is InChI=1S/C15H17N3O2S/c1-17(12-7-8-20-10-12)14(19)13-9-16-15(21)18(13)11-5-3-2-4-6-11/h2-6,9,12H,7-8,10H2,1H3,(H,16,21)/t12-/m0/s1. The van der Waals surface area contributed by atoms with E-state index in [4.69, 9.17) is 17.0 Å². The molecule has 0 saturated carbocycles. The Morgan fingerprint density at radius 3 is 2.86 bits per heavy atom. The number of imidazole rings is 1. The number of nitrogens with zero attached hydrogens (tertiary/aromatic N) is 2. The van der Waals surface area contributed by atoms with Gasteiger partial charge in [-0.15, -0.1) is 0 Å². The average Bonchev–Trinajstić information content (AvgIpc) is 3.16. The molecule has 1 aromatic carbocycles. The third kappa shape index (κ3) is 2.64. The van der Waals surface area contributed by atoms with E-state index >= 15 is 0 Å². The minimum Gasteiger partial charge on any atom is -0.379 e. The van der Waals surface area contributed by atoms with E-state index in [-0.39, 0.29) is 11.9 Å². The van der Waals surface area contributed by atoms with Gasteiger partial charge in [-0.1, -0.05) is 18.2 Å². The van der Waals surface area contributed by atoms with Gasteiger partial charge < -0.3 is 14.6 Å². The van der Waals surface area contributed by atoms with Gasteiger partial charge in [-0.3, -0.25) is 9.36 Å². The van der Waals surface area contributed by atoms with Crippen LogP contribution >= 0.6 is 12.2 Å². The fourth-order valence-corrected chi connectivity index (χ4v) is 2.80. The third-order valence-electron chi connectivity index (χ3n) is 3.78. The molecule has 6 heteroatoms. The number of para-hydroxylation sites is 1. The number of nitrogens with one attached hydrogen (secondary N) is 1. The van der Waals surface area contributed by atoms with Crippen molar-refractivity contribution in [3.8, 4) is 5.69 Å². The molecule has 1 amide bonds. The van der Waals surface area contributed by atoms with Crippen molar-refractivity contribution >= 4 is 18.1 Å². The van der Waals surface area contributed by atoms with Crippen LogP contribution in [0.25, 0.3) is 5.69 Å². The lowest BCUT2D eigenvalue weighted by Gasteiger charge is -2.23. The highest BCUT2D eigenvalue weighted by Crippen LogP contribution is 2.17. The van der Waals surface area contributed by atoms with Gasteiger partial charge in [0.05, 0.1) is 12.6 Å². The quantitative estimate of drug-likeness (QED) is 0.886. The molecule has 1 aromatic heterocycles. The van der Waals surface area contributed by atoms with E-state index in [1.165, 1.54) is 0 Å². The first-order valence-electron chi connectivity index (χ1n) is 6.89. The Hall–Kier alpha value is -1.92. The molecule has 0 spiro atoms. The van der Waals surface area contributed by atoms with E-state index in [0.29, 0.717) is 23.7 Å². The molecule has 0 radical (unpaired) electrons. The molecule has 2 heterocycles. The van der Waals surface area contributed by atoms with Crippen LogP contribution in [0.4, 0.5) is 0 Å². The van der Waals surface area contributed by atoms with Crippen molar-refractivity contribution in [3.05, 3.63) is 47.0 Å². The zero-order chi connectivity index (χ0) is 14.8. The molecule has 5 nitrogen and oxygen atoms in total. The number of aromatic nitrogens is 2. The summed E-state index contributed by atoms with van der Waals surface area (Å²) in [5.41, 5.74) is 1.42. The van der Waals surface area contributed by atoms with Gasteiger partial charge in [-0.05, 0) is 30.8 Å².